The number of alkyl carbamates (subject to hydrolysis) is 1. The number of nitrogens with zero attached hydrogens (tertiary/aromatic N) is 2. The van der Waals surface area contributed by atoms with Crippen molar-refractivity contribution in [3.63, 3.8) is 0 Å². The first kappa shape index (κ1) is 19.9. The summed E-state index contributed by atoms with van der Waals surface area (Å²) in [6, 6.07) is 4.91. The Labute approximate surface area is 164 Å². The number of benzene rings is 1. The van der Waals surface area contributed by atoms with E-state index in [1.807, 2.05) is 0 Å². The molecule has 0 saturated carbocycles. The van der Waals surface area contributed by atoms with Gasteiger partial charge in [-0.3, -0.25) is 14.9 Å². The summed E-state index contributed by atoms with van der Waals surface area (Å²) in [4.78, 5) is 46.3. The summed E-state index contributed by atoms with van der Waals surface area (Å²) in [7, 11) is 0. The predicted molar refractivity (Wildman–Crippen MR) is 98.8 cm³/mol. The topological polar surface area (TPSA) is 139 Å². The Balaban J connectivity index is 1.36. The third-order valence-electron chi connectivity index (χ3n) is 4.72. The Morgan fingerprint density at radius 3 is 2.68 bits per heavy atom. The van der Waals surface area contributed by atoms with E-state index in [0.29, 0.717) is 30.7 Å². The summed E-state index contributed by atoms with van der Waals surface area (Å²) >= 11 is 1.42. The highest BCUT2D eigenvalue weighted by molar-refractivity contribution is 8.00. The molecule has 11 heteroatoms. The van der Waals surface area contributed by atoms with E-state index in [9.17, 15) is 29.6 Å². The van der Waals surface area contributed by atoms with Gasteiger partial charge in [-0.25, -0.2) is 9.59 Å². The van der Waals surface area contributed by atoms with Gasteiger partial charge in [-0.2, -0.15) is 11.8 Å². The average Bonchev–Trinajstić information content (AvgIpc) is 2.96. The molecule has 3 atom stereocenters. The lowest BCUT2D eigenvalue weighted by Gasteiger charge is -2.37. The lowest BCUT2D eigenvalue weighted by Crippen LogP contribution is -2.55. The van der Waals surface area contributed by atoms with Gasteiger partial charge in [0, 0.05) is 42.1 Å². The lowest BCUT2D eigenvalue weighted by molar-refractivity contribution is -0.384. The number of carboxylic acids is 1. The highest BCUT2D eigenvalue weighted by atomic mass is 32.2. The molecule has 10 nitrogen and oxygen atoms in total. The van der Waals surface area contributed by atoms with E-state index in [0.717, 1.165) is 0 Å². The van der Waals surface area contributed by atoms with Crippen molar-refractivity contribution in [2.24, 2.45) is 0 Å². The van der Waals surface area contributed by atoms with Crippen molar-refractivity contribution < 1.29 is 29.2 Å². The Hall–Kier alpha value is -2.82. The number of hydrogen-bond donors (Lipinski definition) is 2. The summed E-state index contributed by atoms with van der Waals surface area (Å²) in [5.74, 6) is -0.618. The molecule has 2 heterocycles. The SMILES string of the molecule is O=C(NCCSC1CC2CC(=O)N2C1C(=O)O)OCc1ccc([N+](=O)[O-])cc1. The van der Waals surface area contributed by atoms with Crippen LogP contribution in [-0.4, -0.2) is 62.5 Å². The van der Waals surface area contributed by atoms with Gasteiger partial charge in [0.25, 0.3) is 5.69 Å². The highest BCUT2D eigenvalue weighted by Gasteiger charge is 2.53. The minimum Gasteiger partial charge on any atom is -0.480 e. The third-order valence-corrected chi connectivity index (χ3v) is 6.04. The number of nitrogens with one attached hydrogen (secondary N) is 1. The maximum absolute atomic E-state index is 11.7. The number of non-ortho nitro benzene ring substituents is 1. The maximum atomic E-state index is 11.7. The van der Waals surface area contributed by atoms with E-state index in [4.69, 9.17) is 4.74 Å². The summed E-state index contributed by atoms with van der Waals surface area (Å²) in [6.07, 6.45) is 0.436. The molecule has 0 bridgehead atoms. The summed E-state index contributed by atoms with van der Waals surface area (Å²) in [5.41, 5.74) is 0.586. The Morgan fingerprint density at radius 2 is 2.07 bits per heavy atom. The summed E-state index contributed by atoms with van der Waals surface area (Å²) < 4.78 is 5.04. The first-order valence-corrected chi connectivity index (χ1v) is 9.71. The number of β-lactam (4-membered cyclic amide) rings is 1. The molecule has 1 aromatic carbocycles. The van der Waals surface area contributed by atoms with Crippen molar-refractivity contribution in [3.8, 4) is 0 Å². The van der Waals surface area contributed by atoms with Crippen LogP contribution < -0.4 is 5.32 Å². The van der Waals surface area contributed by atoms with Gasteiger partial charge in [0.1, 0.15) is 12.6 Å². The minimum absolute atomic E-state index is 0.0144. The molecule has 2 fully saturated rings. The molecule has 2 N–H and O–H groups in total. The van der Waals surface area contributed by atoms with Crippen LogP contribution >= 0.6 is 11.8 Å². The van der Waals surface area contributed by atoms with Crippen LogP contribution in [0.25, 0.3) is 0 Å². The largest absolute Gasteiger partial charge is 0.480 e. The van der Waals surface area contributed by atoms with Gasteiger partial charge in [0.05, 0.1) is 4.92 Å². The number of fused-ring (bicyclic) bond motifs is 1. The number of nitro groups is 1. The number of carbonyl (C=O) groups excluding carboxylic acids is 2. The zero-order valence-electron chi connectivity index (χ0n) is 14.8. The molecule has 2 saturated heterocycles. The molecular formula is C17H19N3O7S. The molecule has 0 aliphatic carbocycles. The van der Waals surface area contributed by atoms with Crippen molar-refractivity contribution >= 4 is 35.4 Å². The zero-order chi connectivity index (χ0) is 20.3. The van der Waals surface area contributed by atoms with E-state index in [1.165, 1.54) is 40.9 Å². The summed E-state index contributed by atoms with van der Waals surface area (Å²) in [6.45, 7) is 0.282. The number of amides is 2. The van der Waals surface area contributed by atoms with Crippen LogP contribution in [0.1, 0.15) is 18.4 Å². The maximum Gasteiger partial charge on any atom is 0.407 e. The number of ether oxygens (including phenoxy) is 1. The fraction of sp³-hybridized carbons (Fsp3) is 0.471. The molecule has 3 unspecified atom stereocenters. The number of nitro benzene ring substituents is 1. The fourth-order valence-corrected chi connectivity index (χ4v) is 4.68. The van der Waals surface area contributed by atoms with Gasteiger partial charge in [-0.05, 0) is 24.1 Å². The Bertz CT molecular complexity index is 785. The monoisotopic (exact) mass is 409 g/mol. The number of thioether (sulfide) groups is 1. The van der Waals surface area contributed by atoms with Crippen molar-refractivity contribution in [2.45, 2.75) is 36.8 Å². The minimum atomic E-state index is -0.997. The first-order chi connectivity index (χ1) is 13.4. The van der Waals surface area contributed by atoms with Gasteiger partial charge in [-0.1, -0.05) is 0 Å². The number of hydrogen-bond acceptors (Lipinski definition) is 7. The second kappa shape index (κ2) is 8.46. The second-order valence-electron chi connectivity index (χ2n) is 6.51. The van der Waals surface area contributed by atoms with Gasteiger partial charge in [-0.15, -0.1) is 0 Å². The second-order valence-corrected chi connectivity index (χ2v) is 7.86. The van der Waals surface area contributed by atoms with Crippen LogP contribution in [0.4, 0.5) is 10.5 Å². The number of carboxylic acid groups (broad SMARTS) is 1. The van der Waals surface area contributed by atoms with Crippen LogP contribution in [0, 0.1) is 10.1 Å². The molecule has 150 valence electrons. The van der Waals surface area contributed by atoms with Crippen LogP contribution in [0.15, 0.2) is 24.3 Å². The standard InChI is InChI=1S/C17H19N3O7S/c21-14-8-12-7-13(15(16(22)23)19(12)14)28-6-5-18-17(24)27-9-10-1-3-11(4-2-10)20(25)26/h1-4,12-13,15H,5-9H2,(H,18,24)(H,22,23). The van der Waals surface area contributed by atoms with Gasteiger partial charge in [0.15, 0.2) is 0 Å². The predicted octanol–water partition coefficient (Wildman–Crippen LogP) is 1.38. The first-order valence-electron chi connectivity index (χ1n) is 8.66. The third kappa shape index (κ3) is 4.35. The molecule has 2 aliphatic rings. The average molecular weight is 409 g/mol. The Morgan fingerprint density at radius 1 is 1.36 bits per heavy atom. The molecular weight excluding hydrogens is 390 g/mol. The quantitative estimate of drug-likeness (QED) is 0.284. The highest BCUT2D eigenvalue weighted by Crippen LogP contribution is 2.40. The molecule has 0 spiro atoms. The molecule has 0 radical (unpaired) electrons. The van der Waals surface area contributed by atoms with Crippen molar-refractivity contribution in [1.29, 1.82) is 0 Å². The van der Waals surface area contributed by atoms with Crippen molar-refractivity contribution in [3.05, 3.63) is 39.9 Å². The van der Waals surface area contributed by atoms with E-state index in [2.05, 4.69) is 5.32 Å². The van der Waals surface area contributed by atoms with Crippen molar-refractivity contribution in [2.75, 3.05) is 12.3 Å². The lowest BCUT2D eigenvalue weighted by atomic mass is 10.0. The zero-order valence-corrected chi connectivity index (χ0v) is 15.6. The molecule has 1 aromatic rings. The normalized spacial score (nSPS) is 22.9. The molecule has 28 heavy (non-hydrogen) atoms. The van der Waals surface area contributed by atoms with E-state index in [1.54, 1.807) is 0 Å². The van der Waals surface area contributed by atoms with Crippen LogP contribution in [0.5, 0.6) is 0 Å². The van der Waals surface area contributed by atoms with E-state index in [-0.39, 0.29) is 29.5 Å². The smallest absolute Gasteiger partial charge is 0.407 e. The Kier molecular flexibility index (Phi) is 6.02. The molecule has 2 amide bonds. The van der Waals surface area contributed by atoms with Crippen LogP contribution in [0.3, 0.4) is 0 Å². The molecule has 2 aliphatic heterocycles. The van der Waals surface area contributed by atoms with Crippen LogP contribution in [-0.2, 0) is 20.9 Å². The fourth-order valence-electron chi connectivity index (χ4n) is 3.37. The van der Waals surface area contributed by atoms with Crippen LogP contribution in [0.2, 0.25) is 0 Å². The van der Waals surface area contributed by atoms with Gasteiger partial charge >= 0.3 is 12.1 Å². The van der Waals surface area contributed by atoms with Crippen molar-refractivity contribution in [1.82, 2.24) is 10.2 Å². The van der Waals surface area contributed by atoms with E-state index >= 15 is 0 Å². The number of aliphatic carboxylic acids is 1. The number of carbonyl (C=O) groups is 3. The van der Waals surface area contributed by atoms with E-state index < -0.39 is 23.0 Å². The number of rotatable bonds is 8. The summed E-state index contributed by atoms with van der Waals surface area (Å²) in [5, 5.41) is 22.3. The van der Waals surface area contributed by atoms with Gasteiger partial charge < -0.3 is 20.1 Å². The molecule has 3 rings (SSSR count). The molecule has 0 aromatic heterocycles. The van der Waals surface area contributed by atoms with Gasteiger partial charge in [0.2, 0.25) is 5.91 Å².